The van der Waals surface area contributed by atoms with Crippen molar-refractivity contribution >= 4 is 15.9 Å². The highest BCUT2D eigenvalue weighted by Gasteiger charge is 2.13. The minimum absolute atomic E-state index is 0.332. The maximum atomic E-state index is 5.80. The Labute approximate surface area is 132 Å². The van der Waals surface area contributed by atoms with E-state index in [2.05, 4.69) is 33.3 Å². The van der Waals surface area contributed by atoms with Crippen molar-refractivity contribution in [2.45, 2.75) is 27.0 Å². The molecule has 0 fully saturated rings. The molecule has 0 aliphatic rings. The van der Waals surface area contributed by atoms with Crippen molar-refractivity contribution in [3.63, 3.8) is 0 Å². The number of nitrogens with one attached hydrogen (secondary N) is 1. The molecule has 114 valence electrons. The number of rotatable bonds is 7. The van der Waals surface area contributed by atoms with Gasteiger partial charge in [-0.25, -0.2) is 0 Å². The SMILES string of the molecule is CCNCc1cc(Br)c(OCc2cc(C)on2)c(OC)c1. The average Bonchev–Trinajstić information content (AvgIpc) is 2.89. The highest BCUT2D eigenvalue weighted by atomic mass is 79.9. The van der Waals surface area contributed by atoms with Crippen LogP contribution in [0.4, 0.5) is 0 Å². The number of methoxy groups -OCH3 is 1. The first kappa shape index (κ1) is 15.9. The zero-order valence-electron chi connectivity index (χ0n) is 12.4. The van der Waals surface area contributed by atoms with E-state index in [4.69, 9.17) is 14.0 Å². The lowest BCUT2D eigenvalue weighted by atomic mass is 10.2. The van der Waals surface area contributed by atoms with E-state index >= 15 is 0 Å². The highest BCUT2D eigenvalue weighted by molar-refractivity contribution is 9.10. The van der Waals surface area contributed by atoms with E-state index in [1.807, 2.05) is 25.1 Å². The van der Waals surface area contributed by atoms with Crippen LogP contribution in [0.3, 0.4) is 0 Å². The number of hydrogen-bond donors (Lipinski definition) is 1. The van der Waals surface area contributed by atoms with Crippen LogP contribution < -0.4 is 14.8 Å². The summed E-state index contributed by atoms with van der Waals surface area (Å²) in [5.74, 6) is 2.12. The van der Waals surface area contributed by atoms with Crippen LogP contribution in [0.5, 0.6) is 11.5 Å². The molecule has 0 saturated carbocycles. The van der Waals surface area contributed by atoms with Crippen LogP contribution in [0.15, 0.2) is 27.2 Å². The quantitative estimate of drug-likeness (QED) is 0.825. The lowest BCUT2D eigenvalue weighted by molar-refractivity contribution is 0.269. The third-order valence-electron chi connectivity index (χ3n) is 2.91. The van der Waals surface area contributed by atoms with Gasteiger partial charge in [-0.15, -0.1) is 0 Å². The molecule has 21 heavy (non-hydrogen) atoms. The second-order valence-electron chi connectivity index (χ2n) is 4.61. The van der Waals surface area contributed by atoms with Gasteiger partial charge >= 0.3 is 0 Å². The van der Waals surface area contributed by atoms with Gasteiger partial charge in [-0.3, -0.25) is 0 Å². The van der Waals surface area contributed by atoms with Crippen molar-refractivity contribution in [1.82, 2.24) is 10.5 Å². The van der Waals surface area contributed by atoms with Crippen LogP contribution >= 0.6 is 15.9 Å². The molecule has 1 aromatic heterocycles. The van der Waals surface area contributed by atoms with Gasteiger partial charge in [0.15, 0.2) is 11.5 Å². The van der Waals surface area contributed by atoms with E-state index in [9.17, 15) is 0 Å². The van der Waals surface area contributed by atoms with Gasteiger partial charge < -0.3 is 19.3 Å². The van der Waals surface area contributed by atoms with Crippen molar-refractivity contribution in [2.75, 3.05) is 13.7 Å². The number of halogens is 1. The topological polar surface area (TPSA) is 56.5 Å². The summed E-state index contributed by atoms with van der Waals surface area (Å²) >= 11 is 3.53. The minimum Gasteiger partial charge on any atom is -0.493 e. The van der Waals surface area contributed by atoms with Gasteiger partial charge in [0, 0.05) is 12.6 Å². The maximum Gasteiger partial charge on any atom is 0.175 e. The summed E-state index contributed by atoms with van der Waals surface area (Å²) in [6.45, 7) is 5.96. The fraction of sp³-hybridized carbons (Fsp3) is 0.400. The van der Waals surface area contributed by atoms with E-state index in [-0.39, 0.29) is 0 Å². The highest BCUT2D eigenvalue weighted by Crippen LogP contribution is 2.37. The largest absolute Gasteiger partial charge is 0.493 e. The summed E-state index contributed by atoms with van der Waals surface area (Å²) in [5.41, 5.74) is 1.88. The molecule has 0 aliphatic carbocycles. The van der Waals surface area contributed by atoms with Crippen LogP contribution in [-0.2, 0) is 13.2 Å². The van der Waals surface area contributed by atoms with Crippen molar-refractivity contribution in [3.05, 3.63) is 39.7 Å². The molecule has 2 rings (SSSR count). The molecule has 1 aromatic carbocycles. The Morgan fingerprint density at radius 2 is 2.14 bits per heavy atom. The number of aromatic nitrogens is 1. The first-order valence-corrected chi connectivity index (χ1v) is 7.55. The second kappa shape index (κ2) is 7.47. The third-order valence-corrected chi connectivity index (χ3v) is 3.50. The molecule has 0 amide bonds. The molecule has 1 N–H and O–H groups in total. The fourth-order valence-corrected chi connectivity index (χ4v) is 2.52. The van der Waals surface area contributed by atoms with Gasteiger partial charge in [-0.1, -0.05) is 12.1 Å². The summed E-state index contributed by atoms with van der Waals surface area (Å²) < 4.78 is 17.1. The summed E-state index contributed by atoms with van der Waals surface area (Å²) in [5, 5.41) is 7.19. The lowest BCUT2D eigenvalue weighted by Gasteiger charge is -2.14. The Hall–Kier alpha value is -1.53. The number of nitrogens with zero attached hydrogens (tertiary/aromatic N) is 1. The molecule has 2 aromatic rings. The summed E-state index contributed by atoms with van der Waals surface area (Å²) in [6.07, 6.45) is 0. The third kappa shape index (κ3) is 4.22. The van der Waals surface area contributed by atoms with E-state index in [1.54, 1.807) is 7.11 Å². The smallest absolute Gasteiger partial charge is 0.175 e. The van der Waals surface area contributed by atoms with Gasteiger partial charge in [-0.05, 0) is 47.1 Å². The first-order valence-electron chi connectivity index (χ1n) is 6.76. The van der Waals surface area contributed by atoms with Crippen molar-refractivity contribution in [2.24, 2.45) is 0 Å². The van der Waals surface area contributed by atoms with Crippen LogP contribution in [-0.4, -0.2) is 18.8 Å². The molecule has 0 bridgehead atoms. The zero-order chi connectivity index (χ0) is 15.2. The first-order chi connectivity index (χ1) is 10.1. The average molecular weight is 355 g/mol. The van der Waals surface area contributed by atoms with Gasteiger partial charge in [0.05, 0.1) is 11.6 Å². The molecule has 0 spiro atoms. The fourth-order valence-electron chi connectivity index (χ4n) is 1.92. The van der Waals surface area contributed by atoms with Gasteiger partial charge in [0.2, 0.25) is 0 Å². The summed E-state index contributed by atoms with van der Waals surface area (Å²) in [6, 6.07) is 5.84. The molecule has 0 saturated heterocycles. The standard InChI is InChI=1S/C15H19BrN2O3/c1-4-17-8-11-6-13(16)15(14(7-11)19-3)20-9-12-5-10(2)21-18-12/h5-7,17H,4,8-9H2,1-3H3. The normalized spacial score (nSPS) is 10.7. The molecule has 5 nitrogen and oxygen atoms in total. The van der Waals surface area contributed by atoms with Crippen molar-refractivity contribution < 1.29 is 14.0 Å². The molecule has 1 heterocycles. The monoisotopic (exact) mass is 354 g/mol. The van der Waals surface area contributed by atoms with Crippen LogP contribution in [0.2, 0.25) is 0 Å². The molecular formula is C15H19BrN2O3. The summed E-state index contributed by atoms with van der Waals surface area (Å²) in [4.78, 5) is 0. The number of ether oxygens (including phenoxy) is 2. The Balaban J connectivity index is 2.14. The lowest BCUT2D eigenvalue weighted by Crippen LogP contribution is -2.12. The van der Waals surface area contributed by atoms with Crippen molar-refractivity contribution in [1.29, 1.82) is 0 Å². The molecule has 6 heteroatoms. The number of benzene rings is 1. The Kier molecular flexibility index (Phi) is 5.64. The molecule has 0 atom stereocenters. The molecule has 0 aliphatic heterocycles. The number of hydrogen-bond acceptors (Lipinski definition) is 5. The van der Waals surface area contributed by atoms with Crippen LogP contribution in [0, 0.1) is 6.92 Å². The van der Waals surface area contributed by atoms with Crippen LogP contribution in [0.25, 0.3) is 0 Å². The second-order valence-corrected chi connectivity index (χ2v) is 5.46. The Morgan fingerprint density at radius 3 is 2.76 bits per heavy atom. The molecular weight excluding hydrogens is 336 g/mol. The predicted octanol–water partition coefficient (Wildman–Crippen LogP) is 3.44. The van der Waals surface area contributed by atoms with Crippen molar-refractivity contribution in [3.8, 4) is 11.5 Å². The van der Waals surface area contributed by atoms with E-state index in [0.717, 1.165) is 34.6 Å². The maximum absolute atomic E-state index is 5.80. The summed E-state index contributed by atoms with van der Waals surface area (Å²) in [7, 11) is 1.63. The van der Waals surface area contributed by atoms with E-state index in [1.165, 1.54) is 0 Å². The Bertz CT molecular complexity index is 599. The van der Waals surface area contributed by atoms with Crippen LogP contribution in [0.1, 0.15) is 23.9 Å². The Morgan fingerprint density at radius 1 is 1.33 bits per heavy atom. The number of aryl methyl sites for hydroxylation is 1. The van der Waals surface area contributed by atoms with Gasteiger partial charge in [-0.2, -0.15) is 0 Å². The molecule has 0 radical (unpaired) electrons. The van der Waals surface area contributed by atoms with E-state index in [0.29, 0.717) is 18.1 Å². The minimum atomic E-state index is 0.332. The van der Waals surface area contributed by atoms with Gasteiger partial charge in [0.25, 0.3) is 0 Å². The predicted molar refractivity (Wildman–Crippen MR) is 83.6 cm³/mol. The van der Waals surface area contributed by atoms with Gasteiger partial charge in [0.1, 0.15) is 18.1 Å². The van der Waals surface area contributed by atoms with E-state index < -0.39 is 0 Å². The molecule has 0 unspecified atom stereocenters. The zero-order valence-corrected chi connectivity index (χ0v) is 14.0.